The minimum absolute atomic E-state index is 0.473. The first-order valence-corrected chi connectivity index (χ1v) is 17.9. The van der Waals surface area contributed by atoms with Crippen LogP contribution in [0.3, 0.4) is 0 Å². The summed E-state index contributed by atoms with van der Waals surface area (Å²) in [5, 5.41) is 12.4. The van der Waals surface area contributed by atoms with Crippen molar-refractivity contribution in [1.29, 1.82) is 0 Å². The quantitative estimate of drug-likeness (QED) is 0.187. The van der Waals surface area contributed by atoms with E-state index in [-0.39, 0.29) is 0 Å². The number of para-hydroxylation sites is 2. The minimum atomic E-state index is 0.473. The van der Waals surface area contributed by atoms with Gasteiger partial charge in [0.25, 0.3) is 5.95 Å². The Bertz CT molecular complexity index is 3050. The lowest BCUT2D eigenvalue weighted by atomic mass is 9.87. The van der Waals surface area contributed by atoms with Gasteiger partial charge in [0.1, 0.15) is 0 Å². The fraction of sp³-hybridized carbons (Fsp3) is 0. The van der Waals surface area contributed by atoms with Gasteiger partial charge in [-0.25, -0.2) is 20.0 Å². The maximum absolute atomic E-state index is 8.93. The summed E-state index contributed by atoms with van der Waals surface area (Å²) < 4.78 is 11.3. The summed E-state index contributed by atoms with van der Waals surface area (Å²) in [7, 11) is 0. The average molecular weight is 670 g/mol. The average Bonchev–Trinajstić information content (AvgIpc) is 3.60. The first-order chi connectivity index (χ1) is 25.7. The van der Waals surface area contributed by atoms with E-state index in [4.69, 9.17) is 11.3 Å². The van der Waals surface area contributed by atoms with Gasteiger partial charge in [0.15, 0.2) is 0 Å². The molecule has 0 aliphatic carbocycles. The van der Waals surface area contributed by atoms with Crippen molar-refractivity contribution in [1.82, 2.24) is 9.97 Å². The van der Waals surface area contributed by atoms with Crippen molar-refractivity contribution in [3.05, 3.63) is 170 Å². The molecule has 0 atom stereocenters. The summed E-state index contributed by atoms with van der Waals surface area (Å²) in [6, 6.07) is 57.5. The molecule has 0 radical (unpaired) electrons. The maximum Gasteiger partial charge on any atom is 0.251 e. The van der Waals surface area contributed by atoms with E-state index in [1.807, 2.05) is 24.3 Å². The lowest BCUT2D eigenvalue weighted by Crippen LogP contribution is -2.40. The normalized spacial score (nSPS) is 12.9. The fourth-order valence-electron chi connectivity index (χ4n) is 7.93. The molecule has 0 bridgehead atoms. The molecule has 0 amide bonds. The summed E-state index contributed by atoms with van der Waals surface area (Å²) in [5.41, 5.74) is 8.01. The highest BCUT2D eigenvalue weighted by molar-refractivity contribution is 7.26. The number of thiophene rings is 1. The molecule has 0 N–H and O–H groups in total. The second kappa shape index (κ2) is 11.0. The molecule has 4 nitrogen and oxygen atoms in total. The molecular weight excluding hydrogens is 641 g/mol. The third kappa shape index (κ3) is 4.13. The second-order valence-electron chi connectivity index (χ2n) is 12.9. The van der Waals surface area contributed by atoms with Crippen LogP contribution in [0.4, 0.5) is 23.0 Å². The van der Waals surface area contributed by atoms with Crippen molar-refractivity contribution in [2.24, 2.45) is 0 Å². The molecule has 3 heterocycles. The number of hydrogen-bond acceptors (Lipinski definition) is 5. The van der Waals surface area contributed by atoms with Gasteiger partial charge in [0, 0.05) is 37.5 Å². The van der Waals surface area contributed by atoms with Gasteiger partial charge in [0.05, 0.1) is 34.3 Å². The van der Waals surface area contributed by atoms with Crippen molar-refractivity contribution < 1.29 is 1.37 Å². The van der Waals surface area contributed by atoms with Crippen molar-refractivity contribution in [3.8, 4) is 22.4 Å². The SMILES string of the molecule is [2H]c1ccc2c(c1)c1c(c3sc4ccccc4c32)N(c2nc(-c3ccccc3)c3ccccc3n2)N(c2ccccc2)c2ccc3ccccc3c2-1. The van der Waals surface area contributed by atoms with Crippen LogP contribution in [0.1, 0.15) is 1.37 Å². The van der Waals surface area contributed by atoms with Crippen LogP contribution in [0.2, 0.25) is 0 Å². The second-order valence-corrected chi connectivity index (χ2v) is 13.9. The first-order valence-electron chi connectivity index (χ1n) is 17.6. The molecule has 2 aromatic heterocycles. The van der Waals surface area contributed by atoms with Crippen LogP contribution in [0.25, 0.3) is 75.0 Å². The Kier molecular flexibility index (Phi) is 5.87. The third-order valence-corrected chi connectivity index (χ3v) is 11.3. The molecule has 1 aliphatic rings. The van der Waals surface area contributed by atoms with Crippen LogP contribution in [0.5, 0.6) is 0 Å². The van der Waals surface area contributed by atoms with Crippen LogP contribution in [-0.4, -0.2) is 9.97 Å². The zero-order chi connectivity index (χ0) is 34.3. The molecule has 238 valence electrons. The van der Waals surface area contributed by atoms with Gasteiger partial charge in [-0.15, -0.1) is 11.3 Å². The smallest absolute Gasteiger partial charge is 0.246 e. The Balaban J connectivity index is 1.38. The number of nitrogens with zero attached hydrogens (tertiary/aromatic N) is 4. The lowest BCUT2D eigenvalue weighted by molar-refractivity contribution is 0.933. The van der Waals surface area contributed by atoms with Crippen LogP contribution < -0.4 is 10.0 Å². The lowest BCUT2D eigenvalue weighted by Gasteiger charge is -2.43. The highest BCUT2D eigenvalue weighted by Crippen LogP contribution is 2.58. The van der Waals surface area contributed by atoms with Gasteiger partial charge in [0.2, 0.25) is 0 Å². The number of hydrogen-bond donors (Lipinski definition) is 0. The monoisotopic (exact) mass is 669 g/mol. The molecule has 0 saturated heterocycles. The Morgan fingerprint density at radius 1 is 0.510 bits per heavy atom. The Morgan fingerprint density at radius 2 is 1.22 bits per heavy atom. The Labute approximate surface area is 299 Å². The van der Waals surface area contributed by atoms with Gasteiger partial charge in [-0.3, -0.25) is 0 Å². The molecule has 8 aromatic carbocycles. The van der Waals surface area contributed by atoms with Crippen LogP contribution >= 0.6 is 11.3 Å². The summed E-state index contributed by atoms with van der Waals surface area (Å²) in [5.74, 6) is 0.571. The van der Waals surface area contributed by atoms with Crippen molar-refractivity contribution >= 4 is 87.0 Å². The summed E-state index contributed by atoms with van der Waals surface area (Å²) in [4.78, 5) is 10.9. The summed E-state index contributed by atoms with van der Waals surface area (Å²) in [6.07, 6.45) is 0. The van der Waals surface area contributed by atoms with Gasteiger partial charge in [-0.2, -0.15) is 0 Å². The summed E-state index contributed by atoms with van der Waals surface area (Å²) >= 11 is 1.80. The topological polar surface area (TPSA) is 32.3 Å². The Morgan fingerprint density at radius 3 is 2.08 bits per heavy atom. The van der Waals surface area contributed by atoms with Crippen LogP contribution in [0, 0.1) is 0 Å². The van der Waals surface area contributed by atoms with E-state index in [0.29, 0.717) is 12.0 Å². The number of benzene rings is 8. The van der Waals surface area contributed by atoms with E-state index in [1.165, 1.54) is 15.5 Å². The largest absolute Gasteiger partial charge is 0.251 e. The van der Waals surface area contributed by atoms with Crippen molar-refractivity contribution in [2.75, 3.05) is 10.0 Å². The first kappa shape index (κ1) is 27.3. The number of rotatable bonds is 3. The molecule has 10 aromatic rings. The number of fused-ring (bicyclic) bond motifs is 13. The molecule has 0 unspecified atom stereocenters. The molecule has 51 heavy (non-hydrogen) atoms. The molecular formula is C46H28N4S. The summed E-state index contributed by atoms with van der Waals surface area (Å²) in [6.45, 7) is 0. The fourth-order valence-corrected chi connectivity index (χ4v) is 9.18. The van der Waals surface area contributed by atoms with Gasteiger partial charge >= 0.3 is 0 Å². The Hall–Kier alpha value is -6.56. The minimum Gasteiger partial charge on any atom is -0.246 e. The van der Waals surface area contributed by atoms with E-state index < -0.39 is 0 Å². The van der Waals surface area contributed by atoms with Crippen LogP contribution in [-0.2, 0) is 0 Å². The molecule has 11 rings (SSSR count). The predicted molar refractivity (Wildman–Crippen MR) is 215 cm³/mol. The number of hydrazine groups is 1. The third-order valence-electron chi connectivity index (χ3n) is 10.1. The molecule has 0 fully saturated rings. The highest BCUT2D eigenvalue weighted by atomic mass is 32.1. The van der Waals surface area contributed by atoms with Gasteiger partial charge < -0.3 is 0 Å². The van der Waals surface area contributed by atoms with E-state index in [9.17, 15) is 0 Å². The van der Waals surface area contributed by atoms with Crippen molar-refractivity contribution in [2.45, 2.75) is 0 Å². The number of aromatic nitrogens is 2. The predicted octanol–water partition coefficient (Wildman–Crippen LogP) is 12.8. The van der Waals surface area contributed by atoms with Gasteiger partial charge in [-0.05, 0) is 51.9 Å². The zero-order valence-electron chi connectivity index (χ0n) is 28.3. The molecule has 5 heteroatoms. The van der Waals surface area contributed by atoms with Crippen LogP contribution in [0.15, 0.2) is 170 Å². The standard InChI is InChI=1S/C46H28N4S/c1-3-16-30(17-4-1)43-35-23-11-13-25-37(35)47-46(48-43)50-44-42(34-22-10-9-21-33(34)40-36-24-12-14-26-39(36)51-45(40)44)41-32-20-8-7-15-29(32)27-28-38(41)49(50)31-18-5-2-6-19-31/h1-28H/i10D. The van der Waals surface area contributed by atoms with E-state index in [0.717, 1.165) is 76.6 Å². The van der Waals surface area contributed by atoms with E-state index in [2.05, 4.69) is 150 Å². The maximum atomic E-state index is 8.93. The van der Waals surface area contributed by atoms with Crippen molar-refractivity contribution in [3.63, 3.8) is 0 Å². The molecule has 1 aliphatic heterocycles. The van der Waals surface area contributed by atoms with E-state index >= 15 is 0 Å². The molecule has 0 spiro atoms. The highest BCUT2D eigenvalue weighted by Gasteiger charge is 2.38. The zero-order valence-corrected chi connectivity index (χ0v) is 28.1. The number of anilines is 4. The van der Waals surface area contributed by atoms with E-state index in [1.54, 1.807) is 11.3 Å². The molecule has 0 saturated carbocycles. The van der Waals surface area contributed by atoms with Gasteiger partial charge in [-0.1, -0.05) is 140 Å².